The molecular formula is C26H43BN4O7S. The number of carbonyl (C=O) groups excluding carboxylic acids is 2. The molecule has 2 saturated heterocycles. The van der Waals surface area contributed by atoms with Crippen LogP contribution in [-0.2, 0) is 28.7 Å². The molecule has 0 bridgehead atoms. The van der Waals surface area contributed by atoms with E-state index in [1.807, 2.05) is 41.5 Å². The van der Waals surface area contributed by atoms with E-state index in [-0.39, 0.29) is 28.7 Å². The summed E-state index contributed by atoms with van der Waals surface area (Å²) in [4.78, 5) is 35.4. The molecule has 0 spiro atoms. The highest BCUT2D eigenvalue weighted by molar-refractivity contribution is 7.91. The van der Waals surface area contributed by atoms with E-state index in [0.717, 1.165) is 0 Å². The molecule has 0 radical (unpaired) electrons. The first-order chi connectivity index (χ1) is 17.8. The van der Waals surface area contributed by atoms with Gasteiger partial charge < -0.3 is 24.3 Å². The predicted molar refractivity (Wildman–Crippen MR) is 147 cm³/mol. The van der Waals surface area contributed by atoms with Gasteiger partial charge in [-0.2, -0.15) is 0 Å². The van der Waals surface area contributed by atoms with Gasteiger partial charge in [0.05, 0.1) is 17.0 Å². The summed E-state index contributed by atoms with van der Waals surface area (Å²) in [6.45, 7) is 17.6. The molecule has 1 N–H and O–H groups in total. The van der Waals surface area contributed by atoms with Crippen molar-refractivity contribution < 1.29 is 32.1 Å². The van der Waals surface area contributed by atoms with Crippen molar-refractivity contribution in [3.05, 3.63) is 12.4 Å². The van der Waals surface area contributed by atoms with Crippen LogP contribution in [0.4, 0.5) is 4.79 Å². The van der Waals surface area contributed by atoms with Gasteiger partial charge in [0.2, 0.25) is 20.9 Å². The second kappa shape index (κ2) is 11.3. The molecule has 0 aliphatic carbocycles. The topological polar surface area (TPSA) is 137 Å². The minimum Gasteiger partial charge on any atom is -0.444 e. The van der Waals surface area contributed by atoms with Gasteiger partial charge in [0.25, 0.3) is 0 Å². The van der Waals surface area contributed by atoms with Crippen LogP contribution in [0.1, 0.15) is 75.2 Å². The molecule has 0 unspecified atom stereocenters. The quantitative estimate of drug-likeness (QED) is 0.389. The number of hydrogen-bond acceptors (Lipinski definition) is 9. The Labute approximate surface area is 232 Å². The number of likely N-dealkylation sites (tertiary alicyclic amines) is 1. The highest BCUT2D eigenvalue weighted by Crippen LogP contribution is 2.36. The third kappa shape index (κ3) is 7.70. The summed E-state index contributed by atoms with van der Waals surface area (Å²) in [5, 5.41) is 2.46. The van der Waals surface area contributed by atoms with Crippen molar-refractivity contribution in [3.8, 4) is 0 Å². The van der Waals surface area contributed by atoms with Crippen LogP contribution < -0.4 is 10.8 Å². The number of hydrogen-bond donors (Lipinski definition) is 1. The second-order valence-corrected chi connectivity index (χ2v) is 14.7. The number of ether oxygens (including phenoxy) is 1. The lowest BCUT2D eigenvalue weighted by Gasteiger charge is -2.35. The van der Waals surface area contributed by atoms with Crippen molar-refractivity contribution in [3.63, 3.8) is 0 Å². The summed E-state index contributed by atoms with van der Waals surface area (Å²) >= 11 is 0. The Hall–Kier alpha value is -2.25. The van der Waals surface area contributed by atoms with Crippen LogP contribution in [0.15, 0.2) is 17.6 Å². The molecule has 2 amide bonds. The fourth-order valence-corrected chi connectivity index (χ4v) is 5.97. The molecule has 0 aromatic carbocycles. The van der Waals surface area contributed by atoms with Crippen LogP contribution in [0.2, 0.25) is 0 Å². The van der Waals surface area contributed by atoms with Crippen LogP contribution in [-0.4, -0.2) is 84.1 Å². The summed E-state index contributed by atoms with van der Waals surface area (Å²) in [6.07, 6.45) is 3.28. The maximum atomic E-state index is 13.2. The van der Waals surface area contributed by atoms with Gasteiger partial charge in [-0.25, -0.2) is 23.2 Å². The Morgan fingerprint density at radius 1 is 1.10 bits per heavy atom. The molecule has 11 nitrogen and oxygen atoms in total. The van der Waals surface area contributed by atoms with E-state index in [1.54, 1.807) is 25.7 Å². The molecule has 3 rings (SSSR count). The summed E-state index contributed by atoms with van der Waals surface area (Å²) in [6, 6.07) is -0.726. The van der Waals surface area contributed by atoms with Gasteiger partial charge in [-0.15, -0.1) is 0 Å². The number of sulfone groups is 1. The summed E-state index contributed by atoms with van der Waals surface area (Å²) in [7, 11) is -4.40. The van der Waals surface area contributed by atoms with E-state index < -0.39 is 45.9 Å². The van der Waals surface area contributed by atoms with Crippen LogP contribution in [0.5, 0.6) is 0 Å². The SMILES string of the molecule is CC(C)[C@H](NC(=O)OC(C)(C)C)C(=O)N1CCC(CS(=O)(=O)c2ncc(B3OC(C)(C)C(C)(C)O3)cn2)CC1. The van der Waals surface area contributed by atoms with Gasteiger partial charge >= 0.3 is 13.2 Å². The zero-order chi connectivity index (χ0) is 29.4. The highest BCUT2D eigenvalue weighted by atomic mass is 32.2. The van der Waals surface area contributed by atoms with Crippen LogP contribution in [0, 0.1) is 11.8 Å². The van der Waals surface area contributed by atoms with Gasteiger partial charge in [-0.1, -0.05) is 13.8 Å². The number of piperidine rings is 1. The van der Waals surface area contributed by atoms with Crippen molar-refractivity contribution in [2.75, 3.05) is 18.8 Å². The third-order valence-corrected chi connectivity index (χ3v) is 9.12. The van der Waals surface area contributed by atoms with Crippen LogP contribution in [0.3, 0.4) is 0 Å². The minimum absolute atomic E-state index is 0.103. The Kier molecular flexibility index (Phi) is 9.08. The average Bonchev–Trinajstić information content (AvgIpc) is 3.03. The van der Waals surface area contributed by atoms with Crippen LogP contribution in [0.25, 0.3) is 0 Å². The molecule has 0 saturated carbocycles. The number of aromatic nitrogens is 2. The molecular weight excluding hydrogens is 523 g/mol. The fourth-order valence-electron chi connectivity index (χ4n) is 4.44. The minimum atomic E-state index is -3.73. The van der Waals surface area contributed by atoms with E-state index in [4.69, 9.17) is 14.0 Å². The van der Waals surface area contributed by atoms with Gasteiger partial charge in [0.15, 0.2) is 0 Å². The van der Waals surface area contributed by atoms with Crippen molar-refractivity contribution in [2.24, 2.45) is 11.8 Å². The number of alkyl carbamates (subject to hydrolysis) is 1. The molecule has 2 aliphatic heterocycles. The molecule has 1 aromatic heterocycles. The number of amides is 2. The monoisotopic (exact) mass is 566 g/mol. The number of nitrogens with one attached hydrogen (secondary N) is 1. The zero-order valence-corrected chi connectivity index (χ0v) is 25.4. The van der Waals surface area contributed by atoms with Gasteiger partial charge in [-0.05, 0) is 73.1 Å². The highest BCUT2D eigenvalue weighted by Gasteiger charge is 2.52. The van der Waals surface area contributed by atoms with Gasteiger partial charge in [0.1, 0.15) is 11.6 Å². The van der Waals surface area contributed by atoms with Crippen molar-refractivity contribution in [1.82, 2.24) is 20.2 Å². The molecule has 1 atom stereocenters. The molecule has 2 fully saturated rings. The first kappa shape index (κ1) is 31.3. The lowest BCUT2D eigenvalue weighted by atomic mass is 9.81. The summed E-state index contributed by atoms with van der Waals surface area (Å²) < 4.78 is 43.4. The Morgan fingerprint density at radius 2 is 1.62 bits per heavy atom. The summed E-state index contributed by atoms with van der Waals surface area (Å²) in [5.41, 5.74) is -1.17. The molecule has 13 heteroatoms. The second-order valence-electron chi connectivity index (χ2n) is 12.8. The molecule has 2 aliphatic rings. The smallest absolute Gasteiger partial charge is 0.444 e. The van der Waals surface area contributed by atoms with Crippen LogP contribution >= 0.6 is 0 Å². The molecule has 3 heterocycles. The van der Waals surface area contributed by atoms with Gasteiger partial charge in [-0.3, -0.25) is 4.79 Å². The Morgan fingerprint density at radius 3 is 2.08 bits per heavy atom. The van der Waals surface area contributed by atoms with Crippen molar-refractivity contribution in [2.45, 2.75) is 103 Å². The van der Waals surface area contributed by atoms with E-state index in [0.29, 0.717) is 31.4 Å². The normalized spacial score (nSPS) is 20.7. The predicted octanol–water partition coefficient (Wildman–Crippen LogP) is 2.34. The number of nitrogens with zero attached hydrogens (tertiary/aromatic N) is 3. The summed E-state index contributed by atoms with van der Waals surface area (Å²) in [5.74, 6) is -0.574. The lowest BCUT2D eigenvalue weighted by molar-refractivity contribution is -0.135. The number of rotatable bonds is 7. The Bertz CT molecular complexity index is 1130. The lowest BCUT2D eigenvalue weighted by Crippen LogP contribution is -2.53. The average molecular weight is 567 g/mol. The largest absolute Gasteiger partial charge is 0.498 e. The van der Waals surface area contributed by atoms with Gasteiger partial charge in [0, 0.05) is 30.9 Å². The first-order valence-electron chi connectivity index (χ1n) is 13.5. The Balaban J connectivity index is 1.57. The first-order valence-corrected chi connectivity index (χ1v) is 15.2. The van der Waals surface area contributed by atoms with E-state index >= 15 is 0 Å². The maximum absolute atomic E-state index is 13.2. The standard InChI is InChI=1S/C26H43BN4O7S/c1-17(2)20(30-23(33)36-24(3,4)5)21(32)31-12-10-18(11-13-31)16-39(34,35)22-28-14-19(15-29-22)27-37-25(6,7)26(8,9)38-27/h14-15,17-18,20H,10-13,16H2,1-9H3,(H,30,33)/t20-/m0/s1. The molecule has 1 aromatic rings. The van der Waals surface area contributed by atoms with E-state index in [9.17, 15) is 18.0 Å². The molecule has 39 heavy (non-hydrogen) atoms. The van der Waals surface area contributed by atoms with E-state index in [1.165, 1.54) is 12.4 Å². The molecule has 218 valence electrons. The number of carbonyl (C=O) groups is 2. The van der Waals surface area contributed by atoms with Crippen molar-refractivity contribution >= 4 is 34.4 Å². The van der Waals surface area contributed by atoms with Crippen molar-refractivity contribution in [1.29, 1.82) is 0 Å². The third-order valence-electron chi connectivity index (χ3n) is 7.44. The maximum Gasteiger partial charge on any atom is 0.498 e. The zero-order valence-electron chi connectivity index (χ0n) is 24.6. The fraction of sp³-hybridized carbons (Fsp3) is 0.769. The van der Waals surface area contributed by atoms with E-state index in [2.05, 4.69) is 15.3 Å².